The second kappa shape index (κ2) is 6.69. The van der Waals surface area contributed by atoms with Crippen LogP contribution in [0.1, 0.15) is 37.2 Å². The number of para-hydroxylation sites is 3. The van der Waals surface area contributed by atoms with Crippen molar-refractivity contribution in [3.63, 3.8) is 0 Å². The maximum absolute atomic E-state index is 12.3. The first-order valence-electron chi connectivity index (χ1n) is 9.81. The van der Waals surface area contributed by atoms with Crippen LogP contribution in [0, 0.1) is 5.92 Å². The molecule has 0 spiro atoms. The maximum atomic E-state index is 12.3. The van der Waals surface area contributed by atoms with Crippen molar-refractivity contribution >= 4 is 21.9 Å². The molecule has 0 amide bonds. The highest BCUT2D eigenvalue weighted by atomic mass is 16.1. The third-order valence-electron chi connectivity index (χ3n) is 6.09. The molecule has 4 heteroatoms. The Morgan fingerprint density at radius 3 is 2.63 bits per heavy atom. The molecule has 0 unspecified atom stereocenters. The molecule has 2 aromatic carbocycles. The van der Waals surface area contributed by atoms with Gasteiger partial charge < -0.3 is 4.98 Å². The molecule has 1 N–H and O–H groups in total. The van der Waals surface area contributed by atoms with Gasteiger partial charge in [-0.25, -0.2) is 4.79 Å². The van der Waals surface area contributed by atoms with Crippen molar-refractivity contribution in [2.75, 3.05) is 0 Å². The van der Waals surface area contributed by atoms with Gasteiger partial charge in [0.05, 0.1) is 16.6 Å². The van der Waals surface area contributed by atoms with Crippen LogP contribution in [-0.2, 0) is 6.54 Å². The van der Waals surface area contributed by atoms with Gasteiger partial charge in [0.2, 0.25) is 0 Å². The zero-order valence-electron chi connectivity index (χ0n) is 15.3. The molecule has 0 saturated heterocycles. The quantitative estimate of drug-likeness (QED) is 0.570. The van der Waals surface area contributed by atoms with Crippen molar-refractivity contribution in [1.29, 1.82) is 0 Å². The highest BCUT2D eigenvalue weighted by Crippen LogP contribution is 2.38. The molecule has 27 heavy (non-hydrogen) atoms. The monoisotopic (exact) mass is 357 g/mol. The van der Waals surface area contributed by atoms with Crippen molar-refractivity contribution in [2.24, 2.45) is 5.92 Å². The average Bonchev–Trinajstić information content (AvgIpc) is 3.03. The van der Waals surface area contributed by atoms with Gasteiger partial charge in [-0.15, -0.1) is 0 Å². The molecule has 4 aromatic rings. The van der Waals surface area contributed by atoms with E-state index >= 15 is 0 Å². The van der Waals surface area contributed by atoms with E-state index in [0.717, 1.165) is 35.9 Å². The number of aromatic amines is 1. The van der Waals surface area contributed by atoms with Crippen LogP contribution in [0.2, 0.25) is 0 Å². The highest BCUT2D eigenvalue weighted by Gasteiger charge is 2.24. The van der Waals surface area contributed by atoms with Gasteiger partial charge in [-0.1, -0.05) is 30.3 Å². The lowest BCUT2D eigenvalue weighted by Crippen LogP contribution is -2.24. The Labute approximate surface area is 157 Å². The first-order valence-corrected chi connectivity index (χ1v) is 9.81. The van der Waals surface area contributed by atoms with Crippen molar-refractivity contribution < 1.29 is 0 Å². The average molecular weight is 357 g/mol. The molecule has 2 heterocycles. The lowest BCUT2D eigenvalue weighted by Gasteiger charge is -2.29. The lowest BCUT2D eigenvalue weighted by molar-refractivity contribution is 0.295. The van der Waals surface area contributed by atoms with Gasteiger partial charge in [0.25, 0.3) is 0 Å². The minimum atomic E-state index is 0.0125. The molecule has 0 aliphatic heterocycles. The Bertz CT molecular complexity index is 1140. The van der Waals surface area contributed by atoms with Crippen molar-refractivity contribution in [3.8, 4) is 0 Å². The second-order valence-electron chi connectivity index (χ2n) is 7.69. The fourth-order valence-corrected chi connectivity index (χ4v) is 4.68. The minimum absolute atomic E-state index is 0.0125. The van der Waals surface area contributed by atoms with Gasteiger partial charge in [0, 0.05) is 18.1 Å². The van der Waals surface area contributed by atoms with Crippen LogP contribution in [0.15, 0.2) is 65.6 Å². The van der Waals surface area contributed by atoms with E-state index in [-0.39, 0.29) is 5.69 Å². The molecule has 1 fully saturated rings. The summed E-state index contributed by atoms with van der Waals surface area (Å²) in [4.78, 5) is 19.8. The number of hydrogen-bond acceptors (Lipinski definition) is 2. The van der Waals surface area contributed by atoms with Crippen LogP contribution < -0.4 is 5.69 Å². The lowest BCUT2D eigenvalue weighted by atomic mass is 9.78. The summed E-state index contributed by atoms with van der Waals surface area (Å²) in [6.07, 6.45) is 6.61. The van der Waals surface area contributed by atoms with Gasteiger partial charge >= 0.3 is 5.69 Å². The van der Waals surface area contributed by atoms with Crippen LogP contribution >= 0.6 is 0 Å². The predicted molar refractivity (Wildman–Crippen MR) is 109 cm³/mol. The van der Waals surface area contributed by atoms with Gasteiger partial charge in [0.15, 0.2) is 0 Å². The van der Waals surface area contributed by atoms with E-state index in [4.69, 9.17) is 0 Å². The number of imidazole rings is 1. The van der Waals surface area contributed by atoms with E-state index in [9.17, 15) is 4.79 Å². The molecule has 5 rings (SSSR count). The van der Waals surface area contributed by atoms with E-state index in [1.807, 2.05) is 35.0 Å². The molecule has 1 aliphatic carbocycles. The molecule has 1 aliphatic rings. The summed E-state index contributed by atoms with van der Waals surface area (Å²) < 4.78 is 1.92. The maximum Gasteiger partial charge on any atom is 0.326 e. The first kappa shape index (κ1) is 16.3. The van der Waals surface area contributed by atoms with Crippen molar-refractivity contribution in [2.45, 2.75) is 38.1 Å². The van der Waals surface area contributed by atoms with Crippen LogP contribution in [0.3, 0.4) is 0 Å². The number of aromatic nitrogens is 3. The summed E-state index contributed by atoms with van der Waals surface area (Å²) in [6.45, 7) is 0.812. The number of rotatable bonds is 3. The number of hydrogen-bond donors (Lipinski definition) is 1. The molecule has 0 atom stereocenters. The SMILES string of the molecule is O=c1[nH]c2ccccc2n1CC1CCC(c2ccnc3ccccc23)CC1. The van der Waals surface area contributed by atoms with E-state index in [1.54, 1.807) is 0 Å². The van der Waals surface area contributed by atoms with Crippen LogP contribution in [0.4, 0.5) is 0 Å². The molecule has 136 valence electrons. The number of pyridine rings is 1. The number of nitrogens with zero attached hydrogens (tertiary/aromatic N) is 2. The first-order chi connectivity index (χ1) is 13.3. The number of benzene rings is 2. The fourth-order valence-electron chi connectivity index (χ4n) is 4.68. The molecule has 1 saturated carbocycles. The highest BCUT2D eigenvalue weighted by molar-refractivity contribution is 5.82. The van der Waals surface area contributed by atoms with E-state index in [0.29, 0.717) is 11.8 Å². The zero-order valence-corrected chi connectivity index (χ0v) is 15.3. The number of fused-ring (bicyclic) bond motifs is 2. The third-order valence-corrected chi connectivity index (χ3v) is 6.09. The van der Waals surface area contributed by atoms with Gasteiger partial charge in [-0.3, -0.25) is 9.55 Å². The predicted octanol–water partition coefficient (Wildman–Crippen LogP) is 4.85. The summed E-state index contributed by atoms with van der Waals surface area (Å²) in [7, 11) is 0. The Kier molecular flexibility index (Phi) is 4.04. The van der Waals surface area contributed by atoms with Gasteiger partial charge in [0.1, 0.15) is 0 Å². The summed E-state index contributed by atoms with van der Waals surface area (Å²) >= 11 is 0. The van der Waals surface area contributed by atoms with Crippen LogP contribution in [-0.4, -0.2) is 14.5 Å². The van der Waals surface area contributed by atoms with Gasteiger partial charge in [-0.05, 0) is 67.3 Å². The summed E-state index contributed by atoms with van der Waals surface area (Å²) in [6, 6.07) is 18.6. The van der Waals surface area contributed by atoms with E-state index in [1.165, 1.54) is 23.8 Å². The number of nitrogens with one attached hydrogen (secondary N) is 1. The fraction of sp³-hybridized carbons (Fsp3) is 0.304. The Hall–Kier alpha value is -2.88. The van der Waals surface area contributed by atoms with Crippen LogP contribution in [0.5, 0.6) is 0 Å². The third kappa shape index (κ3) is 2.95. The normalized spacial score (nSPS) is 20.3. The molecular weight excluding hydrogens is 334 g/mol. The van der Waals surface area contributed by atoms with Crippen molar-refractivity contribution in [1.82, 2.24) is 14.5 Å². The molecule has 2 aromatic heterocycles. The topological polar surface area (TPSA) is 50.7 Å². The van der Waals surface area contributed by atoms with Crippen molar-refractivity contribution in [3.05, 3.63) is 76.8 Å². The zero-order chi connectivity index (χ0) is 18.2. The second-order valence-corrected chi connectivity index (χ2v) is 7.69. The molecular formula is C23H23N3O. The largest absolute Gasteiger partial charge is 0.326 e. The van der Waals surface area contributed by atoms with Crippen LogP contribution in [0.25, 0.3) is 21.9 Å². The molecule has 0 bridgehead atoms. The standard InChI is InChI=1S/C23H23N3O/c27-23-25-21-7-3-4-8-22(21)26(23)15-16-9-11-17(12-10-16)18-13-14-24-20-6-2-1-5-19(18)20/h1-8,13-14,16-17H,9-12,15H2,(H,25,27). The smallest absolute Gasteiger partial charge is 0.306 e. The summed E-state index contributed by atoms with van der Waals surface area (Å²) in [5.74, 6) is 1.15. The van der Waals surface area contributed by atoms with E-state index in [2.05, 4.69) is 40.3 Å². The Balaban J connectivity index is 1.34. The van der Waals surface area contributed by atoms with Gasteiger partial charge in [-0.2, -0.15) is 0 Å². The Morgan fingerprint density at radius 2 is 1.74 bits per heavy atom. The molecule has 4 nitrogen and oxygen atoms in total. The Morgan fingerprint density at radius 1 is 0.963 bits per heavy atom. The number of H-pyrrole nitrogens is 1. The summed E-state index contributed by atoms with van der Waals surface area (Å²) in [5, 5.41) is 1.29. The summed E-state index contributed by atoms with van der Waals surface area (Å²) in [5.41, 5.74) is 4.48. The van der Waals surface area contributed by atoms with E-state index < -0.39 is 0 Å². The minimum Gasteiger partial charge on any atom is -0.306 e. The molecule has 0 radical (unpaired) electrons.